The molecule has 4 aromatic rings. The molecule has 6 rings (SSSR count). The van der Waals surface area contributed by atoms with Crippen LogP contribution in [0, 0.1) is 12.3 Å². The molecule has 2 aliphatic heterocycles. The van der Waals surface area contributed by atoms with Gasteiger partial charge in [0, 0.05) is 81.3 Å². The van der Waals surface area contributed by atoms with Crippen LogP contribution in [0.15, 0.2) is 109 Å². The topological polar surface area (TPSA) is 106 Å². The number of pyridine rings is 1. The summed E-state index contributed by atoms with van der Waals surface area (Å²) in [6.45, 7) is 29.2. The Morgan fingerprint density at radius 3 is 2.53 bits per heavy atom. The number of hydrogen-bond acceptors (Lipinski definition) is 11. The average molecular weight is 794 g/mol. The van der Waals surface area contributed by atoms with Gasteiger partial charge in [0.2, 0.25) is 0 Å². The largest absolute Gasteiger partial charge is 0.553 e. The molecule has 2 unspecified atom stereocenters. The van der Waals surface area contributed by atoms with Gasteiger partial charge in [0.1, 0.15) is 18.0 Å². The Bertz CT molecular complexity index is 2110. The highest BCUT2D eigenvalue weighted by Gasteiger charge is 2.26. The normalized spacial score (nSPS) is 17.0. The summed E-state index contributed by atoms with van der Waals surface area (Å²) in [6.07, 6.45) is 6.58. The predicted molar refractivity (Wildman–Crippen MR) is 245 cm³/mol. The van der Waals surface area contributed by atoms with E-state index in [0.29, 0.717) is 30.8 Å². The lowest BCUT2D eigenvalue weighted by molar-refractivity contribution is 0.222. The van der Waals surface area contributed by atoms with Crippen LogP contribution in [0.3, 0.4) is 0 Å². The summed E-state index contributed by atoms with van der Waals surface area (Å²) in [5, 5.41) is 10.3. The zero-order valence-electron chi connectivity index (χ0n) is 36.2. The van der Waals surface area contributed by atoms with Gasteiger partial charge in [-0.1, -0.05) is 77.7 Å². The van der Waals surface area contributed by atoms with Crippen LogP contribution in [-0.2, 0) is 17.6 Å². The number of piperazine rings is 1. The van der Waals surface area contributed by atoms with Crippen molar-refractivity contribution < 1.29 is 4.65 Å². The number of nitrogens with zero attached hydrogens (tertiary/aromatic N) is 7. The van der Waals surface area contributed by atoms with Gasteiger partial charge in [-0.2, -0.15) is 0 Å². The number of aliphatic imine (C=N–C) groups is 1. The van der Waals surface area contributed by atoms with Gasteiger partial charge < -0.3 is 30.4 Å². The second kappa shape index (κ2) is 20.0. The maximum atomic E-state index is 5.76. The third-order valence-electron chi connectivity index (χ3n) is 10.9. The van der Waals surface area contributed by atoms with E-state index in [1.54, 1.807) is 13.8 Å². The van der Waals surface area contributed by atoms with Gasteiger partial charge in [0.25, 0.3) is 0 Å². The quantitative estimate of drug-likeness (QED) is 0.0472. The van der Waals surface area contributed by atoms with E-state index in [2.05, 4.69) is 150 Å². The maximum absolute atomic E-state index is 5.76. The molecule has 2 fully saturated rings. The Morgan fingerprint density at radius 1 is 1.03 bits per heavy atom. The third kappa shape index (κ3) is 11.8. The van der Waals surface area contributed by atoms with E-state index in [1.807, 2.05) is 25.2 Å². The number of anilines is 4. The van der Waals surface area contributed by atoms with E-state index in [4.69, 9.17) is 14.6 Å². The Kier molecular flexibility index (Phi) is 14.7. The van der Waals surface area contributed by atoms with E-state index >= 15 is 0 Å². The van der Waals surface area contributed by atoms with Crippen molar-refractivity contribution in [1.29, 1.82) is 0 Å². The van der Waals surface area contributed by atoms with Gasteiger partial charge in [-0.15, -0.1) is 0 Å². The number of aryl methyl sites for hydroxylation is 1. The fraction of sp³-hybridized carbons (Fsp3) is 0.426. The highest BCUT2D eigenvalue weighted by molar-refractivity contribution is 6.29. The molecule has 0 aliphatic carbocycles. The number of aromatic nitrogens is 3. The minimum absolute atomic E-state index is 0.0231. The zero-order chi connectivity index (χ0) is 41.9. The van der Waals surface area contributed by atoms with Crippen molar-refractivity contribution >= 4 is 36.4 Å². The molecule has 2 aliphatic rings. The first kappa shape index (κ1) is 43.2. The predicted octanol–water partition coefficient (Wildman–Crippen LogP) is 8.28. The van der Waals surface area contributed by atoms with Gasteiger partial charge in [0.05, 0.1) is 23.6 Å². The van der Waals surface area contributed by atoms with Crippen molar-refractivity contribution in [3.05, 3.63) is 120 Å². The molecule has 1 radical (unpaired) electrons. The molecule has 2 saturated heterocycles. The molecule has 12 heteroatoms. The van der Waals surface area contributed by atoms with Gasteiger partial charge in [-0.05, 0) is 79.1 Å². The summed E-state index contributed by atoms with van der Waals surface area (Å²) >= 11 is 0. The summed E-state index contributed by atoms with van der Waals surface area (Å²) in [4.78, 5) is 26.0. The highest BCUT2D eigenvalue weighted by atomic mass is 16.4. The summed E-state index contributed by atoms with van der Waals surface area (Å²) in [5.41, 5.74) is 12.0. The smallest absolute Gasteiger partial charge is 0.368 e. The monoisotopic (exact) mass is 794 g/mol. The molecule has 59 heavy (non-hydrogen) atoms. The first-order chi connectivity index (χ1) is 28.4. The van der Waals surface area contributed by atoms with Crippen LogP contribution in [0.2, 0.25) is 6.82 Å². The van der Waals surface area contributed by atoms with Crippen LogP contribution < -0.4 is 25.8 Å². The van der Waals surface area contributed by atoms with Crippen LogP contribution in [0.4, 0.5) is 23.0 Å². The third-order valence-corrected chi connectivity index (χ3v) is 10.9. The van der Waals surface area contributed by atoms with Crippen LogP contribution in [0.25, 0.3) is 11.3 Å². The van der Waals surface area contributed by atoms with Crippen molar-refractivity contribution in [3.63, 3.8) is 0 Å². The zero-order valence-corrected chi connectivity index (χ0v) is 36.2. The molecule has 0 spiro atoms. The number of hydrogen-bond donors (Lipinski definition) is 3. The Hall–Kier alpha value is -5.42. The first-order valence-electron chi connectivity index (χ1n) is 21.0. The van der Waals surface area contributed by atoms with Gasteiger partial charge in [0.15, 0.2) is 11.7 Å². The Morgan fingerprint density at radius 2 is 1.83 bits per heavy atom. The molecule has 0 amide bonds. The molecule has 0 bridgehead atoms. The van der Waals surface area contributed by atoms with E-state index < -0.39 is 0 Å². The lowest BCUT2D eigenvalue weighted by Crippen LogP contribution is -2.53. The second-order valence-electron chi connectivity index (χ2n) is 16.8. The highest BCUT2D eigenvalue weighted by Crippen LogP contribution is 2.27. The molecule has 2 aromatic carbocycles. The lowest BCUT2D eigenvalue weighted by atomic mass is 9.97. The second-order valence-corrected chi connectivity index (χ2v) is 16.8. The molecular weight excluding hydrogens is 731 g/mol. The fourth-order valence-electron chi connectivity index (χ4n) is 7.46. The van der Waals surface area contributed by atoms with Crippen molar-refractivity contribution in [1.82, 2.24) is 30.5 Å². The number of rotatable bonds is 15. The standard InChI is InChI=1S/C47H62BN10O/c1-10-39-30-56(22-21-36-12-16-40(17-13-36)58-23-20-34(4)54-45(58)11-2)24-25-57(39)41-18-19-43(50-29-41)55-44-27-42(52-32-53-44)37-14-15-38(33(3)26-37)28-49-35(5)46(59-48-9)51-31-47(6,7)8/h12-19,26-27,29,32,35,39,49,54H,2,4,10,20-25,28,30-31H2,1,3,5-9H3,(H,50,52,53,55). The SMILES string of the molecule is C=C=C1NC(=C)CCN1c1ccc(CCN2CCN(c3ccc(Nc4cc(-c5ccc(CNC(C)C(=NCC(C)(C)C)O[B]C)c(C)c5)ncn4)nc3)C(CC)C2)cc1. The van der Waals surface area contributed by atoms with Crippen LogP contribution in [0.1, 0.15) is 64.2 Å². The van der Waals surface area contributed by atoms with E-state index in [-0.39, 0.29) is 11.5 Å². The summed E-state index contributed by atoms with van der Waals surface area (Å²) in [6, 6.07) is 21.9. The number of nitrogens with one attached hydrogen (secondary N) is 3. The minimum Gasteiger partial charge on any atom is -0.553 e. The van der Waals surface area contributed by atoms with Crippen molar-refractivity contribution in [2.45, 2.75) is 86.3 Å². The van der Waals surface area contributed by atoms with Gasteiger partial charge in [-0.25, -0.2) is 15.0 Å². The Labute approximate surface area is 353 Å². The molecule has 0 saturated carbocycles. The van der Waals surface area contributed by atoms with Crippen LogP contribution in [0.5, 0.6) is 0 Å². The fourth-order valence-corrected chi connectivity index (χ4v) is 7.46. The van der Waals surface area contributed by atoms with Gasteiger partial charge in [-0.3, -0.25) is 9.89 Å². The molecule has 2 aromatic heterocycles. The van der Waals surface area contributed by atoms with E-state index in [9.17, 15) is 0 Å². The van der Waals surface area contributed by atoms with Crippen molar-refractivity contribution in [3.8, 4) is 11.3 Å². The van der Waals surface area contributed by atoms with Gasteiger partial charge >= 0.3 is 7.48 Å². The number of benzene rings is 2. The van der Waals surface area contributed by atoms with Crippen LogP contribution in [-0.4, -0.2) is 84.6 Å². The Balaban J connectivity index is 1.00. The first-order valence-corrected chi connectivity index (χ1v) is 21.0. The van der Waals surface area contributed by atoms with Crippen molar-refractivity contribution in [2.24, 2.45) is 10.4 Å². The van der Waals surface area contributed by atoms with Crippen molar-refractivity contribution in [2.75, 3.05) is 54.4 Å². The molecular formula is C47H62BN10O. The summed E-state index contributed by atoms with van der Waals surface area (Å²) < 4.78 is 5.76. The molecule has 4 heterocycles. The molecule has 11 nitrogen and oxygen atoms in total. The summed E-state index contributed by atoms with van der Waals surface area (Å²) in [5.74, 6) is 3.02. The molecule has 3 N–H and O–H groups in total. The minimum atomic E-state index is -0.0231. The van der Waals surface area contributed by atoms with E-state index in [0.717, 1.165) is 92.0 Å². The molecule has 309 valence electrons. The molecule has 2 atom stereocenters. The summed E-state index contributed by atoms with van der Waals surface area (Å²) in [7, 11) is 1.69. The lowest BCUT2D eigenvalue weighted by Gasteiger charge is -2.42. The maximum Gasteiger partial charge on any atom is 0.368 e. The average Bonchev–Trinajstić information content (AvgIpc) is 3.24. The van der Waals surface area contributed by atoms with Crippen LogP contribution >= 0.6 is 0 Å². The van der Waals surface area contributed by atoms with E-state index in [1.165, 1.54) is 16.7 Å².